The summed E-state index contributed by atoms with van der Waals surface area (Å²) in [6, 6.07) is 8.63. The number of benzene rings is 1. The number of hydrogen-bond acceptors (Lipinski definition) is 3. The summed E-state index contributed by atoms with van der Waals surface area (Å²) in [5.74, 6) is 0. The first-order valence-electron chi connectivity index (χ1n) is 6.10. The Bertz CT molecular complexity index is 467. The van der Waals surface area contributed by atoms with E-state index in [0.29, 0.717) is 6.04 Å². The maximum absolute atomic E-state index is 5.92. The van der Waals surface area contributed by atoms with Crippen molar-refractivity contribution in [3.63, 3.8) is 0 Å². The van der Waals surface area contributed by atoms with Gasteiger partial charge in [-0.1, -0.05) is 30.7 Å². The van der Waals surface area contributed by atoms with E-state index in [4.69, 9.17) is 11.6 Å². The van der Waals surface area contributed by atoms with Crippen molar-refractivity contribution >= 4 is 22.9 Å². The minimum atomic E-state index is 0.261. The Labute approximate surface area is 117 Å². The summed E-state index contributed by atoms with van der Waals surface area (Å²) in [6.45, 7) is 4.33. The van der Waals surface area contributed by atoms with Gasteiger partial charge >= 0.3 is 0 Å². The third kappa shape index (κ3) is 3.31. The van der Waals surface area contributed by atoms with Crippen LogP contribution >= 0.6 is 22.9 Å². The van der Waals surface area contributed by atoms with E-state index in [1.165, 1.54) is 5.56 Å². The van der Waals surface area contributed by atoms with Crippen molar-refractivity contribution in [2.45, 2.75) is 32.4 Å². The molecule has 0 aliphatic heterocycles. The molecule has 96 valence electrons. The van der Waals surface area contributed by atoms with Crippen molar-refractivity contribution in [1.82, 2.24) is 10.3 Å². The summed E-state index contributed by atoms with van der Waals surface area (Å²) in [5.41, 5.74) is 4.24. The van der Waals surface area contributed by atoms with Gasteiger partial charge in [0, 0.05) is 22.5 Å². The van der Waals surface area contributed by atoms with Gasteiger partial charge in [-0.05, 0) is 31.0 Å². The molecule has 0 fully saturated rings. The number of rotatable bonds is 5. The molecule has 2 nitrogen and oxygen atoms in total. The van der Waals surface area contributed by atoms with E-state index in [9.17, 15) is 0 Å². The van der Waals surface area contributed by atoms with Gasteiger partial charge in [0.25, 0.3) is 0 Å². The molecule has 1 N–H and O–H groups in total. The lowest BCUT2D eigenvalue weighted by atomic mass is 10.0. The van der Waals surface area contributed by atoms with Crippen LogP contribution in [0.3, 0.4) is 0 Å². The van der Waals surface area contributed by atoms with E-state index in [0.717, 1.165) is 17.1 Å². The Hall–Kier alpha value is -0.900. The maximum Gasteiger partial charge on any atom is 0.0795 e. The molecule has 0 saturated heterocycles. The van der Waals surface area contributed by atoms with Gasteiger partial charge in [-0.15, -0.1) is 11.3 Å². The highest BCUT2D eigenvalue weighted by molar-refractivity contribution is 7.07. The zero-order valence-corrected chi connectivity index (χ0v) is 12.1. The maximum atomic E-state index is 5.92. The van der Waals surface area contributed by atoms with Crippen molar-refractivity contribution in [3.05, 3.63) is 51.4 Å². The fourth-order valence-electron chi connectivity index (χ4n) is 1.97. The molecule has 1 aromatic heterocycles. The van der Waals surface area contributed by atoms with Crippen LogP contribution in [0.5, 0.6) is 0 Å². The predicted molar refractivity (Wildman–Crippen MR) is 78.1 cm³/mol. The number of nitrogens with one attached hydrogen (secondary N) is 1. The normalized spacial score (nSPS) is 14.4. The van der Waals surface area contributed by atoms with Gasteiger partial charge in [-0.3, -0.25) is 0 Å². The van der Waals surface area contributed by atoms with Gasteiger partial charge in [0.2, 0.25) is 0 Å². The molecular formula is C14H17ClN2S. The fraction of sp³-hybridized carbons (Fsp3) is 0.357. The van der Waals surface area contributed by atoms with E-state index < -0.39 is 0 Å². The van der Waals surface area contributed by atoms with E-state index in [1.54, 1.807) is 11.3 Å². The zero-order valence-electron chi connectivity index (χ0n) is 10.6. The van der Waals surface area contributed by atoms with E-state index in [1.807, 2.05) is 17.6 Å². The highest BCUT2D eigenvalue weighted by Crippen LogP contribution is 2.23. The summed E-state index contributed by atoms with van der Waals surface area (Å²) in [7, 11) is 0. The van der Waals surface area contributed by atoms with Gasteiger partial charge in [0.05, 0.1) is 11.2 Å². The SMILES string of the molecule is CCC(NC(C)c1cscn1)c1ccc(Cl)cc1. The lowest BCUT2D eigenvalue weighted by Gasteiger charge is -2.21. The number of halogens is 1. The zero-order chi connectivity index (χ0) is 13.0. The summed E-state index contributed by atoms with van der Waals surface area (Å²) in [6.07, 6.45) is 1.04. The quantitative estimate of drug-likeness (QED) is 0.866. The standard InChI is InChI=1S/C14H17ClN2S/c1-3-13(11-4-6-12(15)7-5-11)17-10(2)14-8-18-9-16-14/h4-10,13,17H,3H2,1-2H3. The fourth-order valence-corrected chi connectivity index (χ4v) is 2.74. The average molecular weight is 281 g/mol. The van der Waals surface area contributed by atoms with Crippen LogP contribution in [0.15, 0.2) is 35.2 Å². The van der Waals surface area contributed by atoms with Crippen LogP contribution in [0.1, 0.15) is 43.6 Å². The number of hydrogen-bond donors (Lipinski definition) is 1. The first-order chi connectivity index (χ1) is 8.70. The number of nitrogens with zero attached hydrogens (tertiary/aromatic N) is 1. The molecule has 1 aromatic carbocycles. The Balaban J connectivity index is 2.07. The smallest absolute Gasteiger partial charge is 0.0795 e. The second kappa shape index (κ2) is 6.32. The van der Waals surface area contributed by atoms with Crippen molar-refractivity contribution in [3.8, 4) is 0 Å². The molecule has 2 aromatic rings. The molecular weight excluding hydrogens is 264 g/mol. The van der Waals surface area contributed by atoms with Gasteiger partial charge in [-0.2, -0.15) is 0 Å². The molecule has 0 bridgehead atoms. The summed E-state index contributed by atoms with van der Waals surface area (Å²) in [4.78, 5) is 4.35. The second-order valence-corrected chi connectivity index (χ2v) is 5.47. The van der Waals surface area contributed by atoms with E-state index in [-0.39, 0.29) is 6.04 Å². The van der Waals surface area contributed by atoms with Crippen LogP contribution in [0.25, 0.3) is 0 Å². The van der Waals surface area contributed by atoms with Crippen molar-refractivity contribution in [2.75, 3.05) is 0 Å². The van der Waals surface area contributed by atoms with Crippen molar-refractivity contribution < 1.29 is 0 Å². The van der Waals surface area contributed by atoms with Crippen molar-refractivity contribution in [1.29, 1.82) is 0 Å². The first kappa shape index (κ1) is 13.5. The molecule has 18 heavy (non-hydrogen) atoms. The van der Waals surface area contributed by atoms with Crippen LogP contribution in [-0.4, -0.2) is 4.98 Å². The Morgan fingerprint density at radius 2 is 2.06 bits per heavy atom. The van der Waals surface area contributed by atoms with Crippen LogP contribution < -0.4 is 5.32 Å². The second-order valence-electron chi connectivity index (χ2n) is 4.31. The molecule has 0 saturated carbocycles. The molecule has 2 rings (SSSR count). The van der Waals surface area contributed by atoms with Crippen LogP contribution in [0.2, 0.25) is 5.02 Å². The van der Waals surface area contributed by atoms with Gasteiger partial charge < -0.3 is 5.32 Å². The predicted octanol–water partition coefficient (Wildman–Crippen LogP) is 4.60. The number of aromatic nitrogens is 1. The van der Waals surface area contributed by atoms with Gasteiger partial charge in [-0.25, -0.2) is 4.98 Å². The highest BCUT2D eigenvalue weighted by atomic mass is 35.5. The third-order valence-electron chi connectivity index (χ3n) is 3.03. The average Bonchev–Trinajstić information content (AvgIpc) is 2.91. The Morgan fingerprint density at radius 1 is 1.33 bits per heavy atom. The number of thiazole rings is 1. The Kier molecular flexibility index (Phi) is 4.75. The summed E-state index contributed by atoms with van der Waals surface area (Å²) >= 11 is 7.55. The van der Waals surface area contributed by atoms with Crippen LogP contribution in [-0.2, 0) is 0 Å². The molecule has 4 heteroatoms. The van der Waals surface area contributed by atoms with Crippen LogP contribution in [0, 0.1) is 0 Å². The molecule has 0 aliphatic rings. The molecule has 0 spiro atoms. The van der Waals surface area contributed by atoms with Crippen LogP contribution in [0.4, 0.5) is 0 Å². The molecule has 0 amide bonds. The summed E-state index contributed by atoms with van der Waals surface area (Å²) < 4.78 is 0. The van der Waals surface area contributed by atoms with Crippen molar-refractivity contribution in [2.24, 2.45) is 0 Å². The van der Waals surface area contributed by atoms with E-state index in [2.05, 4.69) is 41.7 Å². The minimum absolute atomic E-state index is 0.261. The molecule has 2 unspecified atom stereocenters. The monoisotopic (exact) mass is 280 g/mol. The molecule has 0 aliphatic carbocycles. The topological polar surface area (TPSA) is 24.9 Å². The minimum Gasteiger partial charge on any atom is -0.302 e. The molecule has 2 atom stereocenters. The lowest BCUT2D eigenvalue weighted by Crippen LogP contribution is -2.24. The van der Waals surface area contributed by atoms with Gasteiger partial charge in [0.15, 0.2) is 0 Å². The largest absolute Gasteiger partial charge is 0.302 e. The lowest BCUT2D eigenvalue weighted by molar-refractivity contribution is 0.451. The third-order valence-corrected chi connectivity index (χ3v) is 3.88. The molecule has 0 radical (unpaired) electrons. The first-order valence-corrected chi connectivity index (χ1v) is 7.42. The molecule has 1 heterocycles. The van der Waals surface area contributed by atoms with E-state index >= 15 is 0 Å². The van der Waals surface area contributed by atoms with Gasteiger partial charge in [0.1, 0.15) is 0 Å². The Morgan fingerprint density at radius 3 is 2.61 bits per heavy atom. The summed E-state index contributed by atoms with van der Waals surface area (Å²) in [5, 5.41) is 6.47. The highest BCUT2D eigenvalue weighted by Gasteiger charge is 2.14.